The van der Waals surface area contributed by atoms with E-state index in [9.17, 15) is 9.18 Å². The molecule has 3 N–H and O–H groups in total. The Morgan fingerprint density at radius 2 is 2.10 bits per heavy atom. The molecule has 2 rings (SSSR count). The number of hydrogen-bond donors (Lipinski definition) is 2. The monoisotopic (exact) mass is 352 g/mol. The lowest BCUT2D eigenvalue weighted by Gasteiger charge is -2.11. The Balaban J connectivity index is 2.28. The zero-order valence-corrected chi connectivity index (χ0v) is 12.9. The van der Waals surface area contributed by atoms with E-state index < -0.39 is 5.97 Å². The van der Waals surface area contributed by atoms with E-state index in [0.717, 1.165) is 0 Å². The molecule has 0 bridgehead atoms. The number of carbonyl (C=O) groups excluding carboxylic acids is 1. The Morgan fingerprint density at radius 3 is 2.76 bits per heavy atom. The number of nitrogen functional groups attached to an aromatic ring is 1. The van der Waals surface area contributed by atoms with E-state index in [1.54, 1.807) is 31.2 Å². The van der Waals surface area contributed by atoms with Gasteiger partial charge in [0.1, 0.15) is 5.82 Å². The number of anilines is 3. The third-order valence-corrected chi connectivity index (χ3v) is 3.41. The zero-order valence-electron chi connectivity index (χ0n) is 11.3. The van der Waals surface area contributed by atoms with Gasteiger partial charge in [0.25, 0.3) is 0 Å². The van der Waals surface area contributed by atoms with Crippen molar-refractivity contribution >= 4 is 39.0 Å². The standard InChI is InChI=1S/C15H14BrFN2O2/c1-2-21-15(20)11-8-10(4-5-13(11)18)19-14-6-3-9(17)7-12(14)16/h3-8,19H,2,18H2,1H3. The molecule has 110 valence electrons. The molecule has 0 aromatic heterocycles. The molecule has 0 saturated heterocycles. The predicted molar refractivity (Wildman–Crippen MR) is 84.2 cm³/mol. The van der Waals surface area contributed by atoms with Gasteiger partial charge in [-0.25, -0.2) is 9.18 Å². The van der Waals surface area contributed by atoms with Crippen LogP contribution in [0.3, 0.4) is 0 Å². The van der Waals surface area contributed by atoms with Crippen LogP contribution < -0.4 is 11.1 Å². The molecule has 0 aliphatic carbocycles. The van der Waals surface area contributed by atoms with Crippen LogP contribution in [0.2, 0.25) is 0 Å². The van der Waals surface area contributed by atoms with Crippen LogP contribution in [0.25, 0.3) is 0 Å². The lowest BCUT2D eigenvalue weighted by molar-refractivity contribution is 0.0527. The summed E-state index contributed by atoms with van der Waals surface area (Å²) in [4.78, 5) is 11.8. The van der Waals surface area contributed by atoms with Crippen molar-refractivity contribution in [3.8, 4) is 0 Å². The highest BCUT2D eigenvalue weighted by molar-refractivity contribution is 9.10. The molecule has 0 spiro atoms. The minimum absolute atomic E-state index is 0.277. The van der Waals surface area contributed by atoms with Gasteiger partial charge in [0, 0.05) is 15.8 Å². The van der Waals surface area contributed by atoms with Crippen LogP contribution in [-0.4, -0.2) is 12.6 Å². The number of hydrogen-bond acceptors (Lipinski definition) is 4. The summed E-state index contributed by atoms with van der Waals surface area (Å²) in [7, 11) is 0. The lowest BCUT2D eigenvalue weighted by atomic mass is 10.1. The quantitative estimate of drug-likeness (QED) is 0.642. The highest BCUT2D eigenvalue weighted by Gasteiger charge is 2.12. The van der Waals surface area contributed by atoms with E-state index in [4.69, 9.17) is 10.5 Å². The number of nitrogens with one attached hydrogen (secondary N) is 1. The summed E-state index contributed by atoms with van der Waals surface area (Å²) in [6, 6.07) is 9.24. The average molecular weight is 353 g/mol. The molecule has 6 heteroatoms. The van der Waals surface area contributed by atoms with E-state index in [0.29, 0.717) is 27.1 Å². The fourth-order valence-corrected chi connectivity index (χ4v) is 2.22. The Kier molecular flexibility index (Phi) is 4.80. The molecule has 0 radical (unpaired) electrons. The normalized spacial score (nSPS) is 10.2. The number of esters is 1. The molecule has 2 aromatic rings. The molecular weight excluding hydrogens is 339 g/mol. The van der Waals surface area contributed by atoms with E-state index in [1.807, 2.05) is 0 Å². The second-order valence-corrected chi connectivity index (χ2v) is 5.13. The van der Waals surface area contributed by atoms with Gasteiger partial charge in [-0.1, -0.05) is 0 Å². The van der Waals surface area contributed by atoms with Gasteiger partial charge in [-0.05, 0) is 59.3 Å². The maximum absolute atomic E-state index is 13.1. The van der Waals surface area contributed by atoms with Crippen LogP contribution in [0.4, 0.5) is 21.5 Å². The maximum Gasteiger partial charge on any atom is 0.340 e. The summed E-state index contributed by atoms with van der Waals surface area (Å²) in [5.41, 5.74) is 7.74. The van der Waals surface area contributed by atoms with Gasteiger partial charge in [0.2, 0.25) is 0 Å². The highest BCUT2D eigenvalue weighted by atomic mass is 79.9. The minimum atomic E-state index is -0.475. The smallest absolute Gasteiger partial charge is 0.340 e. The van der Waals surface area contributed by atoms with Gasteiger partial charge in [0.05, 0.1) is 17.9 Å². The molecule has 0 aliphatic heterocycles. The van der Waals surface area contributed by atoms with Gasteiger partial charge < -0.3 is 15.8 Å². The molecular formula is C15H14BrFN2O2. The third kappa shape index (κ3) is 3.72. The van der Waals surface area contributed by atoms with Gasteiger partial charge in [0.15, 0.2) is 0 Å². The highest BCUT2D eigenvalue weighted by Crippen LogP contribution is 2.28. The van der Waals surface area contributed by atoms with Gasteiger partial charge in [-0.2, -0.15) is 0 Å². The first-order chi connectivity index (χ1) is 10.0. The second kappa shape index (κ2) is 6.58. The molecule has 0 heterocycles. The van der Waals surface area contributed by atoms with Crippen molar-refractivity contribution in [3.05, 3.63) is 52.3 Å². The fraction of sp³-hybridized carbons (Fsp3) is 0.133. The van der Waals surface area contributed by atoms with E-state index in [-0.39, 0.29) is 12.4 Å². The number of benzene rings is 2. The van der Waals surface area contributed by atoms with Crippen molar-refractivity contribution in [3.63, 3.8) is 0 Å². The number of halogens is 2. The summed E-state index contributed by atoms with van der Waals surface area (Å²) in [6.45, 7) is 2.01. The van der Waals surface area contributed by atoms with Crippen LogP contribution in [-0.2, 0) is 4.74 Å². The molecule has 0 fully saturated rings. The molecule has 0 amide bonds. The number of carbonyl (C=O) groups is 1. The summed E-state index contributed by atoms with van der Waals surface area (Å²) >= 11 is 3.27. The van der Waals surface area contributed by atoms with Crippen LogP contribution in [0.1, 0.15) is 17.3 Å². The van der Waals surface area contributed by atoms with Crippen molar-refractivity contribution in [2.24, 2.45) is 0 Å². The van der Waals surface area contributed by atoms with Crippen LogP contribution >= 0.6 is 15.9 Å². The molecule has 2 aromatic carbocycles. The van der Waals surface area contributed by atoms with Crippen LogP contribution in [0.5, 0.6) is 0 Å². The topological polar surface area (TPSA) is 64.3 Å². The van der Waals surface area contributed by atoms with Crippen molar-refractivity contribution in [2.45, 2.75) is 6.92 Å². The second-order valence-electron chi connectivity index (χ2n) is 4.27. The summed E-state index contributed by atoms with van der Waals surface area (Å²) in [6.07, 6.45) is 0. The fourth-order valence-electron chi connectivity index (χ4n) is 1.77. The van der Waals surface area contributed by atoms with Crippen LogP contribution in [0, 0.1) is 5.82 Å². The Morgan fingerprint density at radius 1 is 1.33 bits per heavy atom. The number of ether oxygens (including phenoxy) is 1. The number of rotatable bonds is 4. The molecule has 0 unspecified atom stereocenters. The van der Waals surface area contributed by atoms with E-state index in [2.05, 4.69) is 21.2 Å². The van der Waals surface area contributed by atoms with Crippen molar-refractivity contribution in [1.82, 2.24) is 0 Å². The third-order valence-electron chi connectivity index (χ3n) is 2.76. The Bertz CT molecular complexity index is 677. The van der Waals surface area contributed by atoms with Crippen LogP contribution in [0.15, 0.2) is 40.9 Å². The molecule has 0 atom stereocenters. The largest absolute Gasteiger partial charge is 0.462 e. The Labute approximate surface area is 130 Å². The van der Waals surface area contributed by atoms with Crippen molar-refractivity contribution < 1.29 is 13.9 Å². The Hall–Kier alpha value is -2.08. The number of nitrogens with two attached hydrogens (primary N) is 1. The molecule has 21 heavy (non-hydrogen) atoms. The first-order valence-electron chi connectivity index (χ1n) is 6.30. The van der Waals surface area contributed by atoms with Gasteiger partial charge in [-0.3, -0.25) is 0 Å². The first kappa shape index (κ1) is 15.3. The van der Waals surface area contributed by atoms with Crippen molar-refractivity contribution in [1.29, 1.82) is 0 Å². The molecule has 0 aliphatic rings. The molecule has 4 nitrogen and oxygen atoms in total. The molecule has 0 saturated carbocycles. The minimum Gasteiger partial charge on any atom is -0.462 e. The predicted octanol–water partition coefficient (Wildman–Crippen LogP) is 4.09. The van der Waals surface area contributed by atoms with Gasteiger partial charge >= 0.3 is 5.97 Å². The maximum atomic E-state index is 13.1. The van der Waals surface area contributed by atoms with E-state index in [1.165, 1.54) is 12.1 Å². The SMILES string of the molecule is CCOC(=O)c1cc(Nc2ccc(F)cc2Br)ccc1N. The lowest BCUT2D eigenvalue weighted by Crippen LogP contribution is -2.08. The zero-order chi connectivity index (χ0) is 15.4. The van der Waals surface area contributed by atoms with E-state index >= 15 is 0 Å². The average Bonchev–Trinajstić information content (AvgIpc) is 2.44. The van der Waals surface area contributed by atoms with Crippen molar-refractivity contribution in [2.75, 3.05) is 17.7 Å². The van der Waals surface area contributed by atoms with Gasteiger partial charge in [-0.15, -0.1) is 0 Å². The first-order valence-corrected chi connectivity index (χ1v) is 7.09. The summed E-state index contributed by atoms with van der Waals surface area (Å²) in [5, 5.41) is 3.09. The summed E-state index contributed by atoms with van der Waals surface area (Å²) in [5.74, 6) is -0.811. The summed E-state index contributed by atoms with van der Waals surface area (Å²) < 4.78 is 18.6.